The maximum atomic E-state index is 13.8. The molecule has 0 aromatic carbocycles. The highest BCUT2D eigenvalue weighted by molar-refractivity contribution is 5.68. The van der Waals surface area contributed by atoms with Gasteiger partial charge in [-0.2, -0.15) is 0 Å². The van der Waals surface area contributed by atoms with Crippen LogP contribution in [0.2, 0.25) is 0 Å². The van der Waals surface area contributed by atoms with E-state index >= 15 is 0 Å². The van der Waals surface area contributed by atoms with Crippen LogP contribution < -0.4 is 0 Å². The molecule has 1 unspecified atom stereocenters. The van der Waals surface area contributed by atoms with Gasteiger partial charge in [0.15, 0.2) is 0 Å². The lowest BCUT2D eigenvalue weighted by Crippen LogP contribution is -2.37. The van der Waals surface area contributed by atoms with Crippen LogP contribution in [0.25, 0.3) is 0 Å². The molecule has 1 aliphatic heterocycles. The van der Waals surface area contributed by atoms with Gasteiger partial charge in [-0.3, -0.25) is 4.79 Å². The summed E-state index contributed by atoms with van der Waals surface area (Å²) in [7, 11) is 0. The van der Waals surface area contributed by atoms with Crippen molar-refractivity contribution in [1.29, 1.82) is 0 Å². The van der Waals surface area contributed by atoms with Gasteiger partial charge in [0.2, 0.25) is 0 Å². The number of nitrogens with zero attached hydrogens (tertiary/aromatic N) is 1. The Balaban J connectivity index is 2.70. The number of aliphatic carboxylic acids is 1. The SMILES string of the molecule is CC(C)(C)OC(=O)N1CCC(CC(=O)O)C(F)(F)CC1. The van der Waals surface area contributed by atoms with E-state index in [1.54, 1.807) is 20.8 Å². The van der Waals surface area contributed by atoms with Crippen LogP contribution in [-0.2, 0) is 9.53 Å². The highest BCUT2D eigenvalue weighted by Crippen LogP contribution is 2.36. The van der Waals surface area contributed by atoms with Crippen LogP contribution in [-0.4, -0.2) is 46.7 Å². The van der Waals surface area contributed by atoms with Crippen molar-refractivity contribution in [3.8, 4) is 0 Å². The van der Waals surface area contributed by atoms with Gasteiger partial charge in [0.05, 0.1) is 6.42 Å². The maximum absolute atomic E-state index is 13.8. The minimum absolute atomic E-state index is 0.0431. The number of halogens is 2. The number of carbonyl (C=O) groups excluding carboxylic acids is 1. The van der Waals surface area contributed by atoms with E-state index in [0.717, 1.165) is 0 Å². The third-order valence-corrected chi connectivity index (χ3v) is 3.13. The summed E-state index contributed by atoms with van der Waals surface area (Å²) in [5, 5.41) is 8.68. The normalized spacial score (nSPS) is 23.1. The Kier molecular flexibility index (Phi) is 4.94. The standard InChI is InChI=1S/C13H21F2NO4/c1-12(2,3)20-11(19)16-6-4-9(8-10(17)18)13(14,15)5-7-16/h9H,4-8H2,1-3H3,(H,17,18). The van der Waals surface area contributed by atoms with Gasteiger partial charge in [0.25, 0.3) is 5.92 Å². The highest BCUT2D eigenvalue weighted by Gasteiger charge is 2.43. The number of carboxylic acids is 1. The molecule has 20 heavy (non-hydrogen) atoms. The number of hydrogen-bond donors (Lipinski definition) is 1. The van der Waals surface area contributed by atoms with Gasteiger partial charge in [-0.05, 0) is 27.2 Å². The number of alkyl halides is 2. The Hall–Kier alpha value is -1.40. The molecule has 0 aromatic rings. The number of rotatable bonds is 2. The number of carbonyl (C=O) groups is 2. The minimum Gasteiger partial charge on any atom is -0.481 e. The number of amides is 1. The molecule has 116 valence electrons. The van der Waals surface area contributed by atoms with E-state index < -0.39 is 42.3 Å². The molecular weight excluding hydrogens is 272 g/mol. The maximum Gasteiger partial charge on any atom is 0.410 e. The molecule has 0 spiro atoms. The molecule has 0 radical (unpaired) electrons. The van der Waals surface area contributed by atoms with Crippen molar-refractivity contribution in [3.05, 3.63) is 0 Å². The Morgan fingerprint density at radius 1 is 1.35 bits per heavy atom. The molecule has 1 saturated heterocycles. The Bertz CT molecular complexity index is 379. The van der Waals surface area contributed by atoms with E-state index in [4.69, 9.17) is 9.84 Å². The Morgan fingerprint density at radius 3 is 2.45 bits per heavy atom. The molecule has 1 fully saturated rings. The summed E-state index contributed by atoms with van der Waals surface area (Å²) < 4.78 is 32.8. The van der Waals surface area contributed by atoms with Crippen LogP contribution in [0, 0.1) is 5.92 Å². The molecule has 0 saturated carbocycles. The van der Waals surface area contributed by atoms with Gasteiger partial charge in [-0.25, -0.2) is 13.6 Å². The molecule has 5 nitrogen and oxygen atoms in total. The summed E-state index contributed by atoms with van der Waals surface area (Å²) >= 11 is 0. The van der Waals surface area contributed by atoms with Gasteiger partial charge < -0.3 is 14.7 Å². The van der Waals surface area contributed by atoms with Crippen LogP contribution >= 0.6 is 0 Å². The van der Waals surface area contributed by atoms with Gasteiger partial charge in [-0.15, -0.1) is 0 Å². The Labute approximate surface area is 116 Å². The first kappa shape index (κ1) is 16.7. The predicted octanol–water partition coefficient (Wildman–Crippen LogP) is 2.74. The minimum atomic E-state index is -3.07. The van der Waals surface area contributed by atoms with Gasteiger partial charge >= 0.3 is 12.1 Å². The first-order valence-corrected chi connectivity index (χ1v) is 6.59. The van der Waals surface area contributed by atoms with Crippen molar-refractivity contribution in [1.82, 2.24) is 4.90 Å². The number of likely N-dealkylation sites (tertiary alicyclic amines) is 1. The zero-order valence-electron chi connectivity index (χ0n) is 12.0. The largest absolute Gasteiger partial charge is 0.481 e. The van der Waals surface area contributed by atoms with Crippen LogP contribution in [0.4, 0.5) is 13.6 Å². The van der Waals surface area contributed by atoms with Crippen molar-refractivity contribution in [2.45, 2.75) is 51.6 Å². The summed E-state index contributed by atoms with van der Waals surface area (Å²) in [4.78, 5) is 23.7. The van der Waals surface area contributed by atoms with E-state index in [1.807, 2.05) is 0 Å². The summed E-state index contributed by atoms with van der Waals surface area (Å²) in [5.74, 6) is -5.57. The third kappa shape index (κ3) is 4.94. The lowest BCUT2D eigenvalue weighted by atomic mass is 9.93. The topological polar surface area (TPSA) is 66.8 Å². The van der Waals surface area contributed by atoms with Crippen molar-refractivity contribution < 1.29 is 28.2 Å². The molecule has 1 N–H and O–H groups in total. The van der Waals surface area contributed by atoms with E-state index in [9.17, 15) is 18.4 Å². The second-order valence-corrected chi connectivity index (χ2v) is 6.06. The van der Waals surface area contributed by atoms with E-state index in [1.165, 1.54) is 4.90 Å². The predicted molar refractivity (Wildman–Crippen MR) is 67.7 cm³/mol. The molecule has 0 aromatic heterocycles. The smallest absolute Gasteiger partial charge is 0.410 e. The van der Waals surface area contributed by atoms with Crippen molar-refractivity contribution in [3.63, 3.8) is 0 Å². The first-order valence-electron chi connectivity index (χ1n) is 6.59. The Morgan fingerprint density at radius 2 is 1.95 bits per heavy atom. The molecule has 1 rings (SSSR count). The molecule has 0 bridgehead atoms. The fourth-order valence-electron chi connectivity index (χ4n) is 2.09. The highest BCUT2D eigenvalue weighted by atomic mass is 19.3. The molecule has 1 atom stereocenters. The zero-order valence-corrected chi connectivity index (χ0v) is 12.0. The van der Waals surface area contributed by atoms with Crippen molar-refractivity contribution in [2.24, 2.45) is 5.92 Å². The second-order valence-electron chi connectivity index (χ2n) is 6.06. The average molecular weight is 293 g/mol. The number of ether oxygens (including phenoxy) is 1. The molecule has 1 aliphatic rings. The van der Waals surface area contributed by atoms with Crippen LogP contribution in [0.1, 0.15) is 40.0 Å². The second kappa shape index (κ2) is 5.93. The summed E-state index contributed by atoms with van der Waals surface area (Å²) in [6.07, 6.45) is -1.80. The number of hydrogen-bond acceptors (Lipinski definition) is 3. The fraction of sp³-hybridized carbons (Fsp3) is 0.846. The van der Waals surface area contributed by atoms with E-state index in [2.05, 4.69) is 0 Å². The average Bonchev–Trinajstić information content (AvgIpc) is 2.36. The lowest BCUT2D eigenvalue weighted by molar-refractivity contribution is -0.143. The molecule has 0 aliphatic carbocycles. The van der Waals surface area contributed by atoms with Crippen LogP contribution in [0.3, 0.4) is 0 Å². The van der Waals surface area contributed by atoms with Crippen molar-refractivity contribution >= 4 is 12.1 Å². The van der Waals surface area contributed by atoms with Crippen LogP contribution in [0.5, 0.6) is 0 Å². The van der Waals surface area contributed by atoms with E-state index in [-0.39, 0.29) is 19.5 Å². The lowest BCUT2D eigenvalue weighted by Gasteiger charge is -2.26. The van der Waals surface area contributed by atoms with E-state index in [0.29, 0.717) is 0 Å². The number of carboxylic acid groups (broad SMARTS) is 1. The van der Waals surface area contributed by atoms with Gasteiger partial charge in [-0.1, -0.05) is 0 Å². The van der Waals surface area contributed by atoms with Gasteiger partial charge in [0, 0.05) is 25.4 Å². The monoisotopic (exact) mass is 293 g/mol. The summed E-state index contributed by atoms with van der Waals surface area (Å²) in [6, 6.07) is 0. The molecule has 7 heteroatoms. The first-order chi connectivity index (χ1) is 9.01. The fourth-order valence-corrected chi connectivity index (χ4v) is 2.09. The van der Waals surface area contributed by atoms with Gasteiger partial charge in [0.1, 0.15) is 5.60 Å². The molecular formula is C13H21F2NO4. The third-order valence-electron chi connectivity index (χ3n) is 3.13. The van der Waals surface area contributed by atoms with Crippen LogP contribution in [0.15, 0.2) is 0 Å². The molecule has 1 amide bonds. The summed E-state index contributed by atoms with van der Waals surface area (Å²) in [6.45, 7) is 5.06. The quantitative estimate of drug-likeness (QED) is 0.850. The zero-order chi connectivity index (χ0) is 15.6. The van der Waals surface area contributed by atoms with Crippen molar-refractivity contribution in [2.75, 3.05) is 13.1 Å². The molecule has 1 heterocycles. The summed E-state index contributed by atoms with van der Waals surface area (Å²) in [5.41, 5.74) is -0.688.